The lowest BCUT2D eigenvalue weighted by Crippen LogP contribution is -2.33. The van der Waals surface area contributed by atoms with Gasteiger partial charge in [-0.2, -0.15) is 11.8 Å². The summed E-state index contributed by atoms with van der Waals surface area (Å²) in [6, 6.07) is 0.646. The molecule has 0 spiro atoms. The Kier molecular flexibility index (Phi) is 5.90. The zero-order chi connectivity index (χ0) is 10.4. The van der Waals surface area contributed by atoms with Crippen LogP contribution in [0.5, 0.6) is 0 Å². The second-order valence-electron chi connectivity index (χ2n) is 4.11. The molecule has 1 N–H and O–H groups in total. The van der Waals surface area contributed by atoms with Gasteiger partial charge in [0.05, 0.1) is 6.10 Å². The van der Waals surface area contributed by atoms with Gasteiger partial charge < -0.3 is 5.11 Å². The van der Waals surface area contributed by atoms with Crippen LogP contribution in [-0.2, 0) is 0 Å². The topological polar surface area (TPSA) is 23.5 Å². The fraction of sp³-hybridized carbons (Fsp3) is 1.00. The summed E-state index contributed by atoms with van der Waals surface area (Å²) in [6.07, 6.45) is 3.41. The summed E-state index contributed by atoms with van der Waals surface area (Å²) in [5.74, 6) is 2.46. The van der Waals surface area contributed by atoms with E-state index in [4.69, 9.17) is 0 Å². The predicted octanol–water partition coefficient (Wildman–Crippen LogP) is 1.97. The molecule has 0 aromatic rings. The maximum Gasteiger partial charge on any atom is 0.0527 e. The molecule has 0 aromatic heterocycles. The third-order valence-corrected chi connectivity index (χ3v) is 3.72. The summed E-state index contributed by atoms with van der Waals surface area (Å²) >= 11 is 2.01. The quantitative estimate of drug-likeness (QED) is 0.688. The second-order valence-corrected chi connectivity index (χ2v) is 5.51. The van der Waals surface area contributed by atoms with E-state index in [0.29, 0.717) is 6.04 Å². The van der Waals surface area contributed by atoms with Crippen LogP contribution in [-0.4, -0.2) is 46.7 Å². The van der Waals surface area contributed by atoms with E-state index in [-0.39, 0.29) is 6.10 Å². The van der Waals surface area contributed by atoms with Gasteiger partial charge in [-0.3, -0.25) is 4.90 Å². The lowest BCUT2D eigenvalue weighted by Gasteiger charge is -2.25. The molecule has 1 aliphatic rings. The van der Waals surface area contributed by atoms with Gasteiger partial charge in [0.1, 0.15) is 0 Å². The van der Waals surface area contributed by atoms with Crippen LogP contribution in [0.2, 0.25) is 0 Å². The molecule has 0 amide bonds. The Labute approximate surface area is 92.1 Å². The summed E-state index contributed by atoms with van der Waals surface area (Å²) in [6.45, 7) is 6.55. The first-order chi connectivity index (χ1) is 6.74. The predicted molar refractivity (Wildman–Crippen MR) is 63.9 cm³/mol. The van der Waals surface area contributed by atoms with Gasteiger partial charge in [0.15, 0.2) is 0 Å². The fourth-order valence-electron chi connectivity index (χ4n) is 2.18. The Balaban J connectivity index is 2.21. The van der Waals surface area contributed by atoms with Crippen molar-refractivity contribution in [1.82, 2.24) is 4.90 Å². The molecule has 84 valence electrons. The highest BCUT2D eigenvalue weighted by molar-refractivity contribution is 7.99. The normalized spacial score (nSPS) is 25.5. The van der Waals surface area contributed by atoms with Crippen LogP contribution in [0.4, 0.5) is 0 Å². The van der Waals surface area contributed by atoms with Crippen LogP contribution >= 0.6 is 11.8 Å². The zero-order valence-corrected chi connectivity index (χ0v) is 10.2. The van der Waals surface area contributed by atoms with Crippen molar-refractivity contribution >= 4 is 11.8 Å². The van der Waals surface area contributed by atoms with Crippen molar-refractivity contribution in [2.24, 2.45) is 0 Å². The molecular weight excluding hydrogens is 194 g/mol. The number of thioether (sulfide) groups is 1. The molecular formula is C11H23NOS. The molecule has 2 nitrogen and oxygen atoms in total. The molecule has 1 saturated heterocycles. The maximum absolute atomic E-state index is 9.37. The van der Waals surface area contributed by atoms with Crippen molar-refractivity contribution < 1.29 is 5.11 Å². The average Bonchev–Trinajstić information content (AvgIpc) is 2.52. The molecule has 1 heterocycles. The van der Waals surface area contributed by atoms with Crippen molar-refractivity contribution in [3.05, 3.63) is 0 Å². The molecule has 14 heavy (non-hydrogen) atoms. The van der Waals surface area contributed by atoms with Crippen molar-refractivity contribution in [2.75, 3.05) is 24.6 Å². The number of nitrogens with zero attached hydrogens (tertiary/aromatic N) is 1. The zero-order valence-electron chi connectivity index (χ0n) is 9.41. The van der Waals surface area contributed by atoms with Gasteiger partial charge in [-0.1, -0.05) is 6.92 Å². The molecule has 0 aromatic carbocycles. The van der Waals surface area contributed by atoms with Crippen LogP contribution in [0.1, 0.15) is 33.1 Å². The summed E-state index contributed by atoms with van der Waals surface area (Å²) < 4.78 is 0. The molecule has 2 atom stereocenters. The SMILES string of the molecule is CCSCCN1CCCC1CC(C)O. The summed E-state index contributed by atoms with van der Waals surface area (Å²) in [7, 11) is 0. The molecule has 0 radical (unpaired) electrons. The lowest BCUT2D eigenvalue weighted by atomic mass is 10.1. The van der Waals surface area contributed by atoms with Crippen LogP contribution in [0, 0.1) is 0 Å². The van der Waals surface area contributed by atoms with Gasteiger partial charge in [-0.25, -0.2) is 0 Å². The minimum absolute atomic E-state index is 0.139. The molecule has 1 aliphatic heterocycles. The van der Waals surface area contributed by atoms with Crippen molar-refractivity contribution in [2.45, 2.75) is 45.3 Å². The number of rotatable bonds is 6. The van der Waals surface area contributed by atoms with Gasteiger partial charge in [-0.05, 0) is 38.5 Å². The number of likely N-dealkylation sites (tertiary alicyclic amines) is 1. The van der Waals surface area contributed by atoms with E-state index in [1.54, 1.807) is 0 Å². The Morgan fingerprint density at radius 2 is 2.36 bits per heavy atom. The Bertz CT molecular complexity index is 152. The Morgan fingerprint density at radius 3 is 3.00 bits per heavy atom. The van der Waals surface area contributed by atoms with Crippen LogP contribution < -0.4 is 0 Å². The standard InChI is InChI=1S/C11H23NOS/c1-3-14-8-7-12-6-4-5-11(12)9-10(2)13/h10-11,13H,3-9H2,1-2H3. The highest BCUT2D eigenvalue weighted by atomic mass is 32.2. The van der Waals surface area contributed by atoms with Gasteiger partial charge in [-0.15, -0.1) is 0 Å². The molecule has 1 rings (SSSR count). The first-order valence-corrected chi connectivity index (χ1v) is 6.89. The van der Waals surface area contributed by atoms with E-state index in [9.17, 15) is 5.11 Å². The number of hydrogen-bond donors (Lipinski definition) is 1. The fourth-order valence-corrected chi connectivity index (χ4v) is 2.83. The van der Waals surface area contributed by atoms with Crippen LogP contribution in [0.3, 0.4) is 0 Å². The minimum Gasteiger partial charge on any atom is -0.393 e. The Hall–Kier alpha value is 0.270. The average molecular weight is 217 g/mol. The van der Waals surface area contributed by atoms with Crippen molar-refractivity contribution in [3.8, 4) is 0 Å². The summed E-state index contributed by atoms with van der Waals surface area (Å²) in [5.41, 5.74) is 0. The van der Waals surface area contributed by atoms with Crippen molar-refractivity contribution in [3.63, 3.8) is 0 Å². The van der Waals surface area contributed by atoms with E-state index < -0.39 is 0 Å². The van der Waals surface area contributed by atoms with Crippen LogP contribution in [0.15, 0.2) is 0 Å². The van der Waals surface area contributed by atoms with E-state index in [2.05, 4.69) is 11.8 Å². The highest BCUT2D eigenvalue weighted by Gasteiger charge is 2.24. The Morgan fingerprint density at radius 1 is 1.57 bits per heavy atom. The summed E-state index contributed by atoms with van der Waals surface area (Å²) in [4.78, 5) is 2.55. The number of aliphatic hydroxyl groups excluding tert-OH is 1. The maximum atomic E-state index is 9.37. The van der Waals surface area contributed by atoms with Gasteiger partial charge in [0.2, 0.25) is 0 Å². The largest absolute Gasteiger partial charge is 0.393 e. The summed E-state index contributed by atoms with van der Waals surface area (Å²) in [5, 5.41) is 9.37. The third kappa shape index (κ3) is 4.20. The second kappa shape index (κ2) is 6.70. The minimum atomic E-state index is -0.139. The number of hydrogen-bond acceptors (Lipinski definition) is 3. The van der Waals surface area contributed by atoms with Crippen molar-refractivity contribution in [1.29, 1.82) is 0 Å². The number of aliphatic hydroxyl groups is 1. The van der Waals surface area contributed by atoms with E-state index in [1.807, 2.05) is 18.7 Å². The van der Waals surface area contributed by atoms with E-state index in [1.165, 1.54) is 37.4 Å². The van der Waals surface area contributed by atoms with Gasteiger partial charge >= 0.3 is 0 Å². The lowest BCUT2D eigenvalue weighted by molar-refractivity contribution is 0.137. The highest BCUT2D eigenvalue weighted by Crippen LogP contribution is 2.21. The molecule has 3 heteroatoms. The molecule has 2 unspecified atom stereocenters. The molecule has 0 aliphatic carbocycles. The third-order valence-electron chi connectivity index (χ3n) is 2.84. The van der Waals surface area contributed by atoms with E-state index >= 15 is 0 Å². The first-order valence-electron chi connectivity index (χ1n) is 5.74. The van der Waals surface area contributed by atoms with E-state index in [0.717, 1.165) is 6.42 Å². The van der Waals surface area contributed by atoms with Crippen LogP contribution in [0.25, 0.3) is 0 Å². The molecule has 0 bridgehead atoms. The molecule has 1 fully saturated rings. The van der Waals surface area contributed by atoms with Gasteiger partial charge in [0, 0.05) is 18.3 Å². The first kappa shape index (κ1) is 12.3. The smallest absolute Gasteiger partial charge is 0.0527 e. The monoisotopic (exact) mass is 217 g/mol. The molecule has 0 saturated carbocycles. The van der Waals surface area contributed by atoms with Gasteiger partial charge in [0.25, 0.3) is 0 Å².